The van der Waals surface area contributed by atoms with Gasteiger partial charge in [0.15, 0.2) is 0 Å². The molecule has 0 saturated heterocycles. The number of halogens is 1. The van der Waals surface area contributed by atoms with Crippen molar-refractivity contribution in [3.63, 3.8) is 0 Å². The van der Waals surface area contributed by atoms with E-state index in [2.05, 4.69) is 43.0 Å². The molecule has 0 bridgehead atoms. The molecule has 17 heavy (non-hydrogen) atoms. The third kappa shape index (κ3) is 2.54. The predicted octanol–water partition coefficient (Wildman–Crippen LogP) is 1.46. The van der Waals surface area contributed by atoms with Gasteiger partial charge in [-0.2, -0.15) is 5.10 Å². The van der Waals surface area contributed by atoms with Crippen LogP contribution < -0.4 is 11.3 Å². The molecule has 2 aromatic heterocycles. The van der Waals surface area contributed by atoms with Crippen LogP contribution in [0.5, 0.6) is 0 Å². The minimum atomic E-state index is -0.140. The Morgan fingerprint density at radius 2 is 2.41 bits per heavy atom. The molecule has 0 saturated carbocycles. The molecule has 0 spiro atoms. The van der Waals surface area contributed by atoms with Gasteiger partial charge in [-0.05, 0) is 33.9 Å². The zero-order valence-electron chi connectivity index (χ0n) is 9.30. The van der Waals surface area contributed by atoms with Crippen molar-refractivity contribution < 1.29 is 0 Å². The highest BCUT2D eigenvalue weighted by Crippen LogP contribution is 2.29. The van der Waals surface area contributed by atoms with E-state index in [4.69, 9.17) is 5.84 Å². The van der Waals surface area contributed by atoms with E-state index < -0.39 is 0 Å². The highest BCUT2D eigenvalue weighted by atomic mass is 79.9. The van der Waals surface area contributed by atoms with Crippen LogP contribution in [0.25, 0.3) is 0 Å². The molecule has 0 aliphatic rings. The summed E-state index contributed by atoms with van der Waals surface area (Å²) in [6.07, 6.45) is 4.51. The molecule has 2 heterocycles. The first-order chi connectivity index (χ1) is 8.27. The summed E-state index contributed by atoms with van der Waals surface area (Å²) in [6.45, 7) is 2.96. The number of aryl methyl sites for hydroxylation is 1. The minimum Gasteiger partial charge on any atom is -0.270 e. The second-order valence-electron chi connectivity index (χ2n) is 3.52. The maximum absolute atomic E-state index is 5.63. The standard InChI is InChI=1S/C9H13BrN6S/c1-2-3-16-9(6(10)4-13-16)8(14-11)7-5-12-15-17-7/h4-5,8,14H,2-3,11H2,1H3. The van der Waals surface area contributed by atoms with Gasteiger partial charge in [-0.3, -0.25) is 10.5 Å². The van der Waals surface area contributed by atoms with Gasteiger partial charge in [0.25, 0.3) is 0 Å². The Hall–Kier alpha value is -0.830. The maximum atomic E-state index is 5.63. The summed E-state index contributed by atoms with van der Waals surface area (Å²) < 4.78 is 6.73. The van der Waals surface area contributed by atoms with E-state index in [-0.39, 0.29) is 6.04 Å². The lowest BCUT2D eigenvalue weighted by Gasteiger charge is -2.16. The van der Waals surface area contributed by atoms with Gasteiger partial charge in [-0.25, -0.2) is 5.43 Å². The molecule has 92 valence electrons. The molecule has 0 amide bonds. The summed E-state index contributed by atoms with van der Waals surface area (Å²) in [6, 6.07) is -0.140. The van der Waals surface area contributed by atoms with Crippen molar-refractivity contribution in [3.8, 4) is 0 Å². The first-order valence-electron chi connectivity index (χ1n) is 5.22. The molecule has 0 radical (unpaired) electrons. The van der Waals surface area contributed by atoms with Gasteiger partial charge in [-0.15, -0.1) is 5.10 Å². The average Bonchev–Trinajstić information content (AvgIpc) is 2.94. The number of hydrazine groups is 1. The zero-order chi connectivity index (χ0) is 12.3. The molecule has 2 aromatic rings. The van der Waals surface area contributed by atoms with Crippen LogP contribution >= 0.6 is 27.5 Å². The Labute approximate surface area is 111 Å². The second kappa shape index (κ2) is 5.67. The molecule has 1 unspecified atom stereocenters. The highest BCUT2D eigenvalue weighted by Gasteiger charge is 2.22. The topological polar surface area (TPSA) is 81.7 Å². The van der Waals surface area contributed by atoms with E-state index in [1.54, 1.807) is 12.4 Å². The molecule has 2 rings (SSSR count). The number of nitrogens with zero attached hydrogens (tertiary/aromatic N) is 4. The molecular formula is C9H13BrN6S. The average molecular weight is 317 g/mol. The first kappa shape index (κ1) is 12.6. The second-order valence-corrected chi connectivity index (χ2v) is 5.19. The Morgan fingerprint density at radius 3 is 3.00 bits per heavy atom. The lowest BCUT2D eigenvalue weighted by molar-refractivity contribution is 0.523. The summed E-state index contributed by atoms with van der Waals surface area (Å²) in [5.74, 6) is 5.63. The summed E-state index contributed by atoms with van der Waals surface area (Å²) in [5.41, 5.74) is 3.79. The van der Waals surface area contributed by atoms with Gasteiger partial charge in [-0.1, -0.05) is 11.4 Å². The molecule has 0 aliphatic heterocycles. The lowest BCUT2D eigenvalue weighted by atomic mass is 10.2. The molecule has 8 heteroatoms. The Morgan fingerprint density at radius 1 is 1.59 bits per heavy atom. The van der Waals surface area contributed by atoms with E-state index in [9.17, 15) is 0 Å². The number of aromatic nitrogens is 4. The van der Waals surface area contributed by atoms with Gasteiger partial charge < -0.3 is 0 Å². The summed E-state index contributed by atoms with van der Waals surface area (Å²) in [7, 11) is 0. The number of nitrogens with two attached hydrogens (primary N) is 1. The lowest BCUT2D eigenvalue weighted by Crippen LogP contribution is -2.30. The quantitative estimate of drug-likeness (QED) is 0.644. The van der Waals surface area contributed by atoms with Crippen LogP contribution in [0.1, 0.15) is 30.0 Å². The minimum absolute atomic E-state index is 0.140. The predicted molar refractivity (Wildman–Crippen MR) is 69.3 cm³/mol. The molecular weight excluding hydrogens is 304 g/mol. The van der Waals surface area contributed by atoms with Crippen LogP contribution in [0, 0.1) is 0 Å². The van der Waals surface area contributed by atoms with Gasteiger partial charge in [0, 0.05) is 6.54 Å². The van der Waals surface area contributed by atoms with Crippen LogP contribution in [-0.2, 0) is 6.54 Å². The summed E-state index contributed by atoms with van der Waals surface area (Å²) >= 11 is 4.82. The third-order valence-electron chi connectivity index (χ3n) is 2.37. The van der Waals surface area contributed by atoms with Gasteiger partial charge >= 0.3 is 0 Å². The number of nitrogens with one attached hydrogen (secondary N) is 1. The van der Waals surface area contributed by atoms with Gasteiger partial charge in [0.1, 0.15) is 6.04 Å². The van der Waals surface area contributed by atoms with Gasteiger partial charge in [0.2, 0.25) is 0 Å². The van der Waals surface area contributed by atoms with E-state index in [1.165, 1.54) is 11.5 Å². The van der Waals surface area contributed by atoms with E-state index in [0.29, 0.717) is 0 Å². The van der Waals surface area contributed by atoms with Crippen LogP contribution in [0.4, 0.5) is 0 Å². The Kier molecular flexibility index (Phi) is 4.21. The summed E-state index contributed by atoms with van der Waals surface area (Å²) in [4.78, 5) is 0.964. The SMILES string of the molecule is CCCn1ncc(Br)c1C(NN)c1cnns1. The smallest absolute Gasteiger partial charge is 0.101 e. The fourth-order valence-corrected chi connectivity index (χ4v) is 2.74. The highest BCUT2D eigenvalue weighted by molar-refractivity contribution is 9.10. The normalized spacial score (nSPS) is 12.9. The van der Waals surface area contributed by atoms with Crippen LogP contribution in [0.15, 0.2) is 16.9 Å². The molecule has 0 aromatic carbocycles. The van der Waals surface area contributed by atoms with Crippen LogP contribution in [-0.4, -0.2) is 19.4 Å². The van der Waals surface area contributed by atoms with Gasteiger partial charge in [0.05, 0.1) is 27.4 Å². The zero-order valence-corrected chi connectivity index (χ0v) is 11.7. The molecule has 1 atom stereocenters. The first-order valence-corrected chi connectivity index (χ1v) is 6.79. The van der Waals surface area contributed by atoms with Crippen molar-refractivity contribution in [2.24, 2.45) is 5.84 Å². The van der Waals surface area contributed by atoms with E-state index >= 15 is 0 Å². The third-order valence-corrected chi connectivity index (χ3v) is 3.71. The van der Waals surface area contributed by atoms with Crippen LogP contribution in [0.3, 0.4) is 0 Å². The monoisotopic (exact) mass is 316 g/mol. The maximum Gasteiger partial charge on any atom is 0.101 e. The largest absolute Gasteiger partial charge is 0.270 e. The van der Waals surface area contributed by atoms with Crippen molar-refractivity contribution in [2.75, 3.05) is 0 Å². The number of rotatable bonds is 5. The molecule has 6 nitrogen and oxygen atoms in total. The molecule has 0 fully saturated rings. The van der Waals surface area contributed by atoms with Crippen molar-refractivity contribution in [1.29, 1.82) is 0 Å². The van der Waals surface area contributed by atoms with Crippen LogP contribution in [0.2, 0.25) is 0 Å². The van der Waals surface area contributed by atoms with E-state index in [1.807, 2.05) is 4.68 Å². The number of hydrogen-bond donors (Lipinski definition) is 2. The fraction of sp³-hybridized carbons (Fsp3) is 0.444. The number of hydrogen-bond acceptors (Lipinski definition) is 6. The fourth-order valence-electron chi connectivity index (χ4n) is 1.65. The summed E-state index contributed by atoms with van der Waals surface area (Å²) in [5, 5.41) is 8.16. The molecule has 0 aliphatic carbocycles. The Balaban J connectivity index is 2.39. The van der Waals surface area contributed by atoms with Crippen molar-refractivity contribution >= 4 is 27.5 Å². The van der Waals surface area contributed by atoms with E-state index in [0.717, 1.165) is 28.0 Å². The van der Waals surface area contributed by atoms with Crippen molar-refractivity contribution in [2.45, 2.75) is 25.9 Å². The van der Waals surface area contributed by atoms with Crippen molar-refractivity contribution in [1.82, 2.24) is 24.8 Å². The van der Waals surface area contributed by atoms with Crippen molar-refractivity contribution in [3.05, 3.63) is 27.4 Å². The molecule has 3 N–H and O–H groups in total. The Bertz CT molecular complexity index is 468.